The van der Waals surface area contributed by atoms with Crippen LogP contribution in [0.15, 0.2) is 24.4 Å². The Hall–Kier alpha value is -3.08. The van der Waals surface area contributed by atoms with E-state index in [2.05, 4.69) is 15.3 Å². The fourth-order valence-corrected chi connectivity index (χ4v) is 3.05. The molecule has 0 aliphatic heterocycles. The molecule has 2 aromatic rings. The van der Waals surface area contributed by atoms with Crippen LogP contribution in [-0.2, 0) is 5.54 Å². The molecule has 7 nitrogen and oxygen atoms in total. The number of alkyl halides is 2. The predicted molar refractivity (Wildman–Crippen MR) is 89.5 cm³/mol. The third kappa shape index (κ3) is 3.52. The molecule has 0 radical (unpaired) electrons. The Balaban J connectivity index is 2.01. The van der Waals surface area contributed by atoms with Crippen LogP contribution in [0.25, 0.3) is 0 Å². The number of anilines is 1. The summed E-state index contributed by atoms with van der Waals surface area (Å²) in [4.78, 5) is 31.0. The number of benzene rings is 1. The van der Waals surface area contributed by atoms with E-state index in [1.807, 2.05) is 0 Å². The van der Waals surface area contributed by atoms with E-state index in [1.165, 1.54) is 0 Å². The van der Waals surface area contributed by atoms with Gasteiger partial charge < -0.3 is 5.32 Å². The van der Waals surface area contributed by atoms with Gasteiger partial charge in [-0.15, -0.1) is 0 Å². The molecule has 0 unspecified atom stereocenters. The van der Waals surface area contributed by atoms with Crippen LogP contribution in [0.4, 0.5) is 23.5 Å². The molecule has 1 aromatic heterocycles. The number of nitrogens with zero attached hydrogens (tertiary/aromatic N) is 2. The van der Waals surface area contributed by atoms with Crippen LogP contribution >= 0.6 is 0 Å². The molecule has 28 heavy (non-hydrogen) atoms. The van der Waals surface area contributed by atoms with Crippen molar-refractivity contribution in [2.24, 2.45) is 5.84 Å². The van der Waals surface area contributed by atoms with Crippen LogP contribution in [-0.4, -0.2) is 28.1 Å². The van der Waals surface area contributed by atoms with Crippen molar-refractivity contribution in [2.45, 2.75) is 31.2 Å². The highest BCUT2D eigenvalue weighted by atomic mass is 19.3. The monoisotopic (exact) mass is 397 g/mol. The van der Waals surface area contributed by atoms with E-state index in [9.17, 15) is 27.2 Å². The third-order valence-electron chi connectivity index (χ3n) is 4.60. The van der Waals surface area contributed by atoms with Crippen molar-refractivity contribution in [2.75, 3.05) is 5.32 Å². The summed E-state index contributed by atoms with van der Waals surface area (Å²) in [5, 5.41) is 2.81. The minimum absolute atomic E-state index is 0.0351. The second kappa shape index (κ2) is 7.50. The Morgan fingerprint density at radius 1 is 1.21 bits per heavy atom. The highest BCUT2D eigenvalue weighted by Gasteiger charge is 2.42. The maximum Gasteiger partial charge on any atom is 0.302 e. The summed E-state index contributed by atoms with van der Waals surface area (Å²) in [6.07, 6.45) is -1.05. The summed E-state index contributed by atoms with van der Waals surface area (Å²) in [5.74, 6) is 0.688. The molecule has 148 valence electrons. The average Bonchev–Trinajstić information content (AvgIpc) is 2.65. The van der Waals surface area contributed by atoms with Gasteiger partial charge in [0.2, 0.25) is 11.7 Å². The Morgan fingerprint density at radius 2 is 1.93 bits per heavy atom. The zero-order valence-corrected chi connectivity index (χ0v) is 14.3. The second-order valence-corrected chi connectivity index (χ2v) is 6.28. The number of halogens is 4. The van der Waals surface area contributed by atoms with E-state index in [1.54, 1.807) is 5.43 Å². The SMILES string of the molecule is NNC(=O)c1cnc(NC2(c3cc(F)ccc3F)CCC2)nc1C(=O)C(F)F. The Bertz CT molecular complexity index is 934. The number of nitrogen functional groups attached to an aromatic ring is 1. The van der Waals surface area contributed by atoms with Gasteiger partial charge in [0, 0.05) is 11.8 Å². The van der Waals surface area contributed by atoms with Gasteiger partial charge in [0.25, 0.3) is 5.91 Å². The van der Waals surface area contributed by atoms with E-state index in [0.717, 1.165) is 24.4 Å². The molecule has 1 aliphatic rings. The normalized spacial score (nSPS) is 15.1. The zero-order valence-electron chi connectivity index (χ0n) is 14.3. The van der Waals surface area contributed by atoms with Crippen LogP contribution in [0.5, 0.6) is 0 Å². The number of amides is 1. The molecule has 0 spiro atoms. The fraction of sp³-hybridized carbons (Fsp3) is 0.294. The fourth-order valence-electron chi connectivity index (χ4n) is 3.05. The summed E-state index contributed by atoms with van der Waals surface area (Å²) in [6.45, 7) is 0. The zero-order chi connectivity index (χ0) is 20.5. The molecule has 1 aliphatic carbocycles. The Labute approximate surface area is 156 Å². The van der Waals surface area contributed by atoms with E-state index >= 15 is 0 Å². The number of nitrogens with one attached hydrogen (secondary N) is 2. The lowest BCUT2D eigenvalue weighted by atomic mass is 9.71. The quantitative estimate of drug-likeness (QED) is 0.227. The van der Waals surface area contributed by atoms with Crippen molar-refractivity contribution in [3.8, 4) is 0 Å². The lowest BCUT2D eigenvalue weighted by molar-refractivity contribution is 0.0669. The van der Waals surface area contributed by atoms with E-state index < -0.39 is 46.5 Å². The number of ketones is 1. The van der Waals surface area contributed by atoms with Gasteiger partial charge in [0.1, 0.15) is 17.3 Å². The number of nitrogens with two attached hydrogens (primary N) is 1. The van der Waals surface area contributed by atoms with Crippen LogP contribution in [0.2, 0.25) is 0 Å². The highest BCUT2D eigenvalue weighted by molar-refractivity contribution is 6.07. The van der Waals surface area contributed by atoms with Crippen molar-refractivity contribution in [1.29, 1.82) is 0 Å². The first-order chi connectivity index (χ1) is 13.3. The Kier molecular flexibility index (Phi) is 5.27. The summed E-state index contributed by atoms with van der Waals surface area (Å²) < 4.78 is 53.6. The summed E-state index contributed by atoms with van der Waals surface area (Å²) in [5.41, 5.74) is -0.667. The average molecular weight is 397 g/mol. The summed E-state index contributed by atoms with van der Waals surface area (Å²) in [7, 11) is 0. The number of hydrogen-bond donors (Lipinski definition) is 3. The minimum atomic E-state index is -3.41. The van der Waals surface area contributed by atoms with Gasteiger partial charge in [0.05, 0.1) is 11.1 Å². The first-order valence-electron chi connectivity index (χ1n) is 8.21. The molecular formula is C17H15F4N5O2. The van der Waals surface area contributed by atoms with Crippen molar-refractivity contribution in [3.05, 3.63) is 52.9 Å². The molecule has 1 heterocycles. The summed E-state index contributed by atoms with van der Waals surface area (Å²) >= 11 is 0. The smallest absolute Gasteiger partial charge is 0.302 e. The molecular weight excluding hydrogens is 382 g/mol. The van der Waals surface area contributed by atoms with Gasteiger partial charge in [-0.25, -0.2) is 33.4 Å². The number of carbonyl (C=O) groups is 2. The van der Waals surface area contributed by atoms with E-state index in [-0.39, 0.29) is 11.5 Å². The number of carbonyl (C=O) groups excluding carboxylic acids is 2. The van der Waals surface area contributed by atoms with E-state index in [4.69, 9.17) is 5.84 Å². The third-order valence-corrected chi connectivity index (χ3v) is 4.60. The van der Waals surface area contributed by atoms with Crippen LogP contribution in [0.3, 0.4) is 0 Å². The number of aromatic nitrogens is 2. The van der Waals surface area contributed by atoms with Gasteiger partial charge >= 0.3 is 6.43 Å². The van der Waals surface area contributed by atoms with Crippen molar-refractivity contribution < 1.29 is 27.2 Å². The highest BCUT2D eigenvalue weighted by Crippen LogP contribution is 2.44. The molecule has 1 amide bonds. The maximum absolute atomic E-state index is 14.3. The first kappa shape index (κ1) is 19.7. The molecule has 0 bridgehead atoms. The van der Waals surface area contributed by atoms with Crippen LogP contribution in [0.1, 0.15) is 45.7 Å². The van der Waals surface area contributed by atoms with Crippen LogP contribution < -0.4 is 16.6 Å². The predicted octanol–water partition coefficient (Wildman–Crippen LogP) is 2.30. The van der Waals surface area contributed by atoms with Gasteiger partial charge in [-0.3, -0.25) is 15.0 Å². The molecule has 1 fully saturated rings. The maximum atomic E-state index is 14.3. The van der Waals surface area contributed by atoms with Gasteiger partial charge in [-0.2, -0.15) is 0 Å². The largest absolute Gasteiger partial charge is 0.345 e. The van der Waals surface area contributed by atoms with Crippen molar-refractivity contribution >= 4 is 17.6 Å². The first-order valence-corrected chi connectivity index (χ1v) is 8.21. The van der Waals surface area contributed by atoms with Gasteiger partial charge in [0.15, 0.2) is 0 Å². The van der Waals surface area contributed by atoms with E-state index in [0.29, 0.717) is 19.3 Å². The lowest BCUT2D eigenvalue weighted by Gasteiger charge is -2.43. The Morgan fingerprint density at radius 3 is 2.50 bits per heavy atom. The number of rotatable bonds is 6. The van der Waals surface area contributed by atoms with Crippen LogP contribution in [0, 0.1) is 11.6 Å². The van der Waals surface area contributed by atoms with Crippen molar-refractivity contribution in [1.82, 2.24) is 15.4 Å². The minimum Gasteiger partial charge on any atom is -0.345 e. The molecule has 3 rings (SSSR count). The standard InChI is InChI=1S/C17H15F4N5O2/c18-8-2-3-11(19)10(6-8)17(4-1-5-17)25-16-23-7-9(15(28)26-22)12(24-16)13(27)14(20)21/h2-3,6-7,14H,1,4-5,22H2,(H,26,28)(H,23,24,25). The van der Waals surface area contributed by atoms with Crippen molar-refractivity contribution in [3.63, 3.8) is 0 Å². The molecule has 4 N–H and O–H groups in total. The molecule has 1 saturated carbocycles. The molecule has 0 atom stereocenters. The summed E-state index contributed by atoms with van der Waals surface area (Å²) in [6, 6.07) is 2.98. The number of hydrazine groups is 1. The number of hydrogen-bond acceptors (Lipinski definition) is 6. The molecule has 11 heteroatoms. The van der Waals surface area contributed by atoms with Gasteiger partial charge in [-0.05, 0) is 37.5 Å². The number of Topliss-reactive ketones (excluding diaryl/α,β-unsaturated/α-hetero) is 1. The molecule has 0 saturated heterocycles. The lowest BCUT2D eigenvalue weighted by Crippen LogP contribution is -2.43. The topological polar surface area (TPSA) is 110 Å². The second-order valence-electron chi connectivity index (χ2n) is 6.28. The molecule has 1 aromatic carbocycles. The van der Waals surface area contributed by atoms with Gasteiger partial charge in [-0.1, -0.05) is 0 Å².